The molecule has 4 fully saturated rings. The van der Waals surface area contributed by atoms with Crippen LogP contribution in [0.25, 0.3) is 0 Å². The number of fused-ring (bicyclic) bond motifs is 1. The van der Waals surface area contributed by atoms with Crippen LogP contribution in [0.1, 0.15) is 101 Å². The fourth-order valence-corrected chi connectivity index (χ4v) is 11.9. The fourth-order valence-electron chi connectivity index (χ4n) is 8.48. The Kier molecular flexibility index (Phi) is 9.97. The molecular weight excluding hydrogens is 637 g/mol. The van der Waals surface area contributed by atoms with Crippen LogP contribution in [-0.2, 0) is 18.0 Å². The second-order valence-corrected chi connectivity index (χ2v) is 34.2. The van der Waals surface area contributed by atoms with E-state index in [0.29, 0.717) is 19.0 Å². The summed E-state index contributed by atoms with van der Waals surface area (Å²) < 4.78 is 34.7. The molecule has 1 aromatic rings. The molecule has 0 radical (unpaired) electrons. The van der Waals surface area contributed by atoms with Crippen molar-refractivity contribution in [2.24, 2.45) is 16.2 Å². The van der Waals surface area contributed by atoms with Crippen LogP contribution in [0.15, 0.2) is 30.3 Å². The predicted molar refractivity (Wildman–Crippen MR) is 201 cm³/mol. The van der Waals surface area contributed by atoms with Crippen LogP contribution in [0.4, 0.5) is 4.79 Å². The van der Waals surface area contributed by atoms with Crippen molar-refractivity contribution in [2.45, 2.75) is 167 Å². The van der Waals surface area contributed by atoms with Crippen LogP contribution >= 0.6 is 0 Å². The minimum Gasteiger partial charge on any atom is -0.426 e. The summed E-state index contributed by atoms with van der Waals surface area (Å²) in [6.45, 7) is 38.2. The Bertz CT molecular complexity index is 1290. The van der Waals surface area contributed by atoms with Gasteiger partial charge in [0, 0.05) is 29.5 Å². The number of carbonyl (C=O) groups is 1. The summed E-state index contributed by atoms with van der Waals surface area (Å²) >= 11 is 0. The van der Waals surface area contributed by atoms with E-state index in [4.69, 9.17) is 22.8 Å². The highest BCUT2D eigenvalue weighted by molar-refractivity contribution is 6.75. The smallest absolute Gasteiger partial charge is 0.426 e. The lowest BCUT2D eigenvalue weighted by Crippen LogP contribution is -2.83. The van der Waals surface area contributed by atoms with Crippen molar-refractivity contribution in [3.05, 3.63) is 30.3 Å². The maximum atomic E-state index is 13.9. The summed E-state index contributed by atoms with van der Waals surface area (Å²) in [5.74, 6) is 0.488. The minimum atomic E-state index is -2.21. The first-order valence-corrected chi connectivity index (χ1v) is 26.8. The standard InChI is InChI=1S/C38H68O6Si3/c1-32(2,3)45(11,12)40-27-36-24-20-21-25-38(36)30(44-47(15,16)34(7,8)9)26-37(36,28-41-46(13,14)33(4,5)6)35(38,10)43-31(39)42-29-22-18-17-19-23-29/h17-19,22-23,30H,20-21,24-28H2,1-16H3/t30-,35-,36+,37-,38-/m0/s1. The van der Waals surface area contributed by atoms with Gasteiger partial charge in [-0.25, -0.2) is 4.79 Å². The van der Waals surface area contributed by atoms with Gasteiger partial charge < -0.3 is 22.8 Å². The Labute approximate surface area is 290 Å². The van der Waals surface area contributed by atoms with E-state index in [1.807, 2.05) is 18.2 Å². The van der Waals surface area contributed by atoms with Gasteiger partial charge >= 0.3 is 6.16 Å². The molecule has 0 heterocycles. The first kappa shape index (κ1) is 38.8. The molecule has 5 atom stereocenters. The zero-order chi connectivity index (χ0) is 35.8. The fraction of sp³-hybridized carbons (Fsp3) is 0.816. The van der Waals surface area contributed by atoms with Gasteiger partial charge in [0.15, 0.2) is 25.0 Å². The van der Waals surface area contributed by atoms with Gasteiger partial charge in [-0.1, -0.05) is 93.4 Å². The first-order valence-electron chi connectivity index (χ1n) is 18.1. The first-order chi connectivity index (χ1) is 21.2. The molecule has 47 heavy (non-hydrogen) atoms. The minimum absolute atomic E-state index is 0.0416. The topological polar surface area (TPSA) is 63.2 Å². The van der Waals surface area contributed by atoms with Crippen LogP contribution in [0.2, 0.25) is 54.4 Å². The third-order valence-corrected chi connectivity index (χ3v) is 27.9. The van der Waals surface area contributed by atoms with Gasteiger partial charge in [-0.05, 0) is 92.7 Å². The van der Waals surface area contributed by atoms with E-state index in [1.165, 1.54) is 0 Å². The van der Waals surface area contributed by atoms with Crippen molar-refractivity contribution in [3.8, 4) is 5.75 Å². The molecular formula is C38H68O6Si3. The molecule has 0 N–H and O–H groups in total. The van der Waals surface area contributed by atoms with E-state index in [0.717, 1.165) is 32.1 Å². The zero-order valence-corrected chi connectivity index (χ0v) is 35.9. The molecule has 4 saturated carbocycles. The Morgan fingerprint density at radius 3 is 1.68 bits per heavy atom. The zero-order valence-electron chi connectivity index (χ0n) is 32.9. The van der Waals surface area contributed by atoms with Gasteiger partial charge in [0.1, 0.15) is 11.4 Å². The molecule has 6 nitrogen and oxygen atoms in total. The molecule has 1 spiro atoms. The number of ether oxygens (including phenoxy) is 2. The lowest BCUT2D eigenvalue weighted by Gasteiger charge is -2.76. The van der Waals surface area contributed by atoms with Crippen LogP contribution < -0.4 is 4.74 Å². The van der Waals surface area contributed by atoms with Gasteiger partial charge in [0.25, 0.3) is 0 Å². The largest absolute Gasteiger partial charge is 0.514 e. The lowest BCUT2D eigenvalue weighted by atomic mass is 9.30. The Balaban J connectivity index is 1.90. The third-order valence-electron chi connectivity index (χ3n) is 14.5. The summed E-state index contributed by atoms with van der Waals surface area (Å²) in [5, 5.41) is 0.163. The van der Waals surface area contributed by atoms with E-state index < -0.39 is 47.5 Å². The van der Waals surface area contributed by atoms with E-state index in [1.54, 1.807) is 12.1 Å². The monoisotopic (exact) mass is 704 g/mol. The maximum absolute atomic E-state index is 13.9. The number of benzene rings is 1. The lowest BCUT2D eigenvalue weighted by molar-refractivity contribution is -0.362. The second-order valence-electron chi connectivity index (χ2n) is 19.8. The average molecular weight is 705 g/mol. The summed E-state index contributed by atoms with van der Waals surface area (Å²) in [6, 6.07) is 9.26. The Hall–Kier alpha value is -0.979. The van der Waals surface area contributed by atoms with Gasteiger partial charge in [-0.2, -0.15) is 0 Å². The van der Waals surface area contributed by atoms with Gasteiger partial charge in [0.2, 0.25) is 0 Å². The number of hydrogen-bond donors (Lipinski definition) is 0. The predicted octanol–water partition coefficient (Wildman–Crippen LogP) is 11.3. The quantitative estimate of drug-likeness (QED) is 0.137. The molecule has 0 amide bonds. The molecule has 268 valence electrons. The van der Waals surface area contributed by atoms with Crippen LogP contribution in [0.3, 0.4) is 0 Å². The maximum Gasteiger partial charge on any atom is 0.514 e. The number of hydrogen-bond acceptors (Lipinski definition) is 6. The SMILES string of the molecule is CC(C)(C)[Si](C)(C)OC[C@]12C[C@H](O[Si](C)(C)C(C)(C)C)[C@@]3(CCCC[C@@]13CO[Si](C)(C)C(C)(C)C)[C@@]2(C)OC(=O)Oc1ccccc1. The summed E-state index contributed by atoms with van der Waals surface area (Å²) in [7, 11) is -6.50. The number of rotatable bonds is 10. The highest BCUT2D eigenvalue weighted by Gasteiger charge is 2.94. The second kappa shape index (κ2) is 12.1. The van der Waals surface area contributed by atoms with Gasteiger partial charge in [-0.3, -0.25) is 0 Å². The molecule has 4 aliphatic rings. The molecule has 9 heteroatoms. The van der Waals surface area contributed by atoms with Crippen LogP contribution in [0.5, 0.6) is 5.75 Å². The number of carbonyl (C=O) groups excluding carboxylic acids is 1. The van der Waals surface area contributed by atoms with E-state index in [2.05, 4.69) is 109 Å². The Morgan fingerprint density at radius 1 is 0.723 bits per heavy atom. The molecule has 2 bridgehead atoms. The van der Waals surface area contributed by atoms with Crippen LogP contribution in [-0.4, -0.2) is 56.0 Å². The summed E-state index contributed by atoms with van der Waals surface area (Å²) in [4.78, 5) is 13.9. The van der Waals surface area contributed by atoms with Gasteiger partial charge in [-0.15, -0.1) is 0 Å². The highest BCUT2D eigenvalue weighted by atomic mass is 28.4. The van der Waals surface area contributed by atoms with E-state index in [-0.39, 0.29) is 26.6 Å². The molecule has 0 aromatic heterocycles. The van der Waals surface area contributed by atoms with Gasteiger partial charge in [0.05, 0.1) is 6.10 Å². The molecule has 0 unspecified atom stereocenters. The van der Waals surface area contributed by atoms with E-state index >= 15 is 0 Å². The van der Waals surface area contributed by atoms with Crippen molar-refractivity contribution in [3.63, 3.8) is 0 Å². The van der Waals surface area contributed by atoms with Crippen LogP contribution in [0, 0.1) is 16.2 Å². The Morgan fingerprint density at radius 2 is 1.19 bits per heavy atom. The molecule has 0 aliphatic heterocycles. The number of para-hydroxylation sites is 1. The van der Waals surface area contributed by atoms with Crippen molar-refractivity contribution in [2.75, 3.05) is 13.2 Å². The van der Waals surface area contributed by atoms with Crippen molar-refractivity contribution < 1.29 is 27.5 Å². The summed E-state index contributed by atoms with van der Waals surface area (Å²) in [6.07, 6.45) is 4.24. The van der Waals surface area contributed by atoms with Crippen molar-refractivity contribution in [1.29, 1.82) is 0 Å². The third kappa shape index (κ3) is 5.98. The van der Waals surface area contributed by atoms with Crippen molar-refractivity contribution in [1.82, 2.24) is 0 Å². The van der Waals surface area contributed by atoms with E-state index in [9.17, 15) is 4.79 Å². The molecule has 4 aliphatic carbocycles. The molecule has 0 saturated heterocycles. The van der Waals surface area contributed by atoms with Crippen molar-refractivity contribution >= 4 is 31.1 Å². The highest BCUT2D eigenvalue weighted by Crippen LogP contribution is 2.88. The average Bonchev–Trinajstić information content (AvgIpc) is 3.28. The normalized spacial score (nSPS) is 31.6. The molecule has 5 rings (SSSR count). The molecule has 1 aromatic carbocycles. The summed E-state index contributed by atoms with van der Waals surface area (Å²) in [5.41, 5.74) is -1.99.